The number of oxime groups is 1. The van der Waals surface area contributed by atoms with Crippen molar-refractivity contribution >= 4 is 11.8 Å². The van der Waals surface area contributed by atoms with Gasteiger partial charge in [-0.2, -0.15) is 13.2 Å². The molecule has 0 saturated heterocycles. The van der Waals surface area contributed by atoms with Gasteiger partial charge in [-0.1, -0.05) is 47.6 Å². The number of nitrogens with zero attached hydrogens (tertiary/aromatic N) is 2. The van der Waals surface area contributed by atoms with Crippen LogP contribution >= 0.6 is 0 Å². The molecule has 1 heterocycles. The summed E-state index contributed by atoms with van der Waals surface area (Å²) in [5, 5.41) is 3.60. The van der Waals surface area contributed by atoms with E-state index in [1.54, 1.807) is 36.4 Å². The minimum absolute atomic E-state index is 0.00984. The molecule has 0 aliphatic heterocycles. The molecule has 0 unspecified atom stereocenters. The highest BCUT2D eigenvalue weighted by molar-refractivity contribution is 5.98. The lowest BCUT2D eigenvalue weighted by Gasteiger charge is -2.11. The van der Waals surface area contributed by atoms with Crippen LogP contribution in [-0.4, -0.2) is 16.4 Å². The topological polar surface area (TPSA) is 86.7 Å². The number of pyridine rings is 1. The second-order valence-electron chi connectivity index (χ2n) is 6.30. The zero-order chi connectivity index (χ0) is 21.7. The highest BCUT2D eigenvalue weighted by Crippen LogP contribution is 2.28. The van der Waals surface area contributed by atoms with Gasteiger partial charge >= 0.3 is 12.1 Å². The largest absolute Gasteiger partial charge is 0.417 e. The van der Waals surface area contributed by atoms with Crippen LogP contribution in [0.1, 0.15) is 27.0 Å². The lowest BCUT2D eigenvalue weighted by Crippen LogP contribution is -2.22. The average molecular weight is 415 g/mol. The summed E-state index contributed by atoms with van der Waals surface area (Å²) in [6.07, 6.45) is -3.84. The summed E-state index contributed by atoms with van der Waals surface area (Å²) in [4.78, 5) is 29.0. The third-order valence-electron chi connectivity index (χ3n) is 4.12. The summed E-state index contributed by atoms with van der Waals surface area (Å²) >= 11 is 0. The summed E-state index contributed by atoms with van der Waals surface area (Å²) in [7, 11) is 0. The van der Waals surface area contributed by atoms with E-state index in [1.165, 1.54) is 18.2 Å². The number of hydrogen-bond donors (Lipinski definition) is 1. The maximum atomic E-state index is 12.9. The van der Waals surface area contributed by atoms with Gasteiger partial charge in [0, 0.05) is 17.8 Å². The van der Waals surface area contributed by atoms with Crippen molar-refractivity contribution in [1.29, 1.82) is 0 Å². The number of carbonyl (C=O) groups excluding carboxylic acids is 1. The van der Waals surface area contributed by atoms with Crippen molar-refractivity contribution in [3.05, 3.63) is 106 Å². The molecule has 3 aromatic rings. The van der Waals surface area contributed by atoms with Crippen LogP contribution in [0.3, 0.4) is 0 Å². The summed E-state index contributed by atoms with van der Waals surface area (Å²) < 4.78 is 39.6. The Balaban J connectivity index is 1.77. The molecule has 0 saturated carbocycles. The smallest absolute Gasteiger partial charge is 0.380 e. The van der Waals surface area contributed by atoms with Crippen molar-refractivity contribution < 1.29 is 22.8 Å². The average Bonchev–Trinajstić information content (AvgIpc) is 2.73. The van der Waals surface area contributed by atoms with Gasteiger partial charge in [-0.25, -0.2) is 4.79 Å². The number of aromatic nitrogens is 1. The first-order valence-corrected chi connectivity index (χ1v) is 8.71. The van der Waals surface area contributed by atoms with Crippen LogP contribution in [0.5, 0.6) is 0 Å². The molecular weight excluding hydrogens is 399 g/mol. The van der Waals surface area contributed by atoms with Crippen LogP contribution < -0.4 is 11.3 Å². The standard InChI is InChI=1S/C21H16F3N3O3/c22-21(23,24)17-9-10-18(28)27(13-17)12-14-5-4-8-16(11-14)20(29)30-26-19(25)15-6-2-1-3-7-15/h1-11,13H,12H2,(H2,25,26). The lowest BCUT2D eigenvalue weighted by atomic mass is 10.1. The van der Waals surface area contributed by atoms with Crippen LogP contribution in [0.25, 0.3) is 0 Å². The minimum Gasteiger partial charge on any atom is -0.380 e. The molecule has 0 radical (unpaired) electrons. The number of amidine groups is 1. The predicted molar refractivity (Wildman–Crippen MR) is 104 cm³/mol. The van der Waals surface area contributed by atoms with Gasteiger partial charge < -0.3 is 15.1 Å². The van der Waals surface area contributed by atoms with E-state index < -0.39 is 23.3 Å². The zero-order valence-corrected chi connectivity index (χ0v) is 15.5. The van der Waals surface area contributed by atoms with E-state index in [9.17, 15) is 22.8 Å². The van der Waals surface area contributed by atoms with Gasteiger partial charge in [0.2, 0.25) is 0 Å². The van der Waals surface area contributed by atoms with Crippen LogP contribution in [0.4, 0.5) is 13.2 Å². The SMILES string of the molecule is N/C(=N/OC(=O)c1cccc(Cn2cc(C(F)(F)F)ccc2=O)c1)c1ccccc1. The quantitative estimate of drug-likeness (QED) is 0.300. The molecule has 0 aliphatic rings. The molecular formula is C21H16F3N3O3. The third-order valence-corrected chi connectivity index (χ3v) is 4.12. The molecule has 1 aromatic heterocycles. The first-order chi connectivity index (χ1) is 14.2. The third kappa shape index (κ3) is 5.13. The Kier molecular flexibility index (Phi) is 6.01. The molecule has 154 valence electrons. The van der Waals surface area contributed by atoms with Crippen LogP contribution in [0.15, 0.2) is 82.9 Å². The monoisotopic (exact) mass is 415 g/mol. The van der Waals surface area contributed by atoms with E-state index in [0.29, 0.717) is 11.1 Å². The molecule has 0 aliphatic carbocycles. The Morgan fingerprint density at radius 1 is 1.00 bits per heavy atom. The van der Waals surface area contributed by atoms with Crippen molar-refractivity contribution in [2.75, 3.05) is 0 Å². The first-order valence-electron chi connectivity index (χ1n) is 8.71. The summed E-state index contributed by atoms with van der Waals surface area (Å²) in [5.41, 5.74) is 5.34. The van der Waals surface area contributed by atoms with Crippen LogP contribution in [-0.2, 0) is 17.6 Å². The van der Waals surface area contributed by atoms with Gasteiger partial charge in [0.05, 0.1) is 17.7 Å². The van der Waals surface area contributed by atoms with Gasteiger partial charge in [0.1, 0.15) is 0 Å². The second kappa shape index (κ2) is 8.64. The summed E-state index contributed by atoms with van der Waals surface area (Å²) in [6.45, 7) is -0.153. The Labute approximate surface area is 169 Å². The number of alkyl halides is 3. The highest BCUT2D eigenvalue weighted by atomic mass is 19.4. The fraction of sp³-hybridized carbons (Fsp3) is 0.0952. The fourth-order valence-electron chi connectivity index (χ4n) is 2.62. The maximum absolute atomic E-state index is 12.9. The molecule has 2 N–H and O–H groups in total. The van der Waals surface area contributed by atoms with Crippen molar-refractivity contribution in [2.24, 2.45) is 10.9 Å². The minimum atomic E-state index is -4.57. The molecule has 0 atom stereocenters. The molecule has 6 nitrogen and oxygen atoms in total. The summed E-state index contributed by atoms with van der Waals surface area (Å²) in [5.74, 6) is -0.789. The van der Waals surface area contributed by atoms with E-state index in [1.807, 2.05) is 0 Å². The van der Waals surface area contributed by atoms with Gasteiger partial charge in [-0.05, 0) is 23.8 Å². The van der Waals surface area contributed by atoms with E-state index in [-0.39, 0.29) is 17.9 Å². The van der Waals surface area contributed by atoms with Crippen molar-refractivity contribution in [3.8, 4) is 0 Å². The summed E-state index contributed by atoms with van der Waals surface area (Å²) in [6, 6.07) is 16.2. The number of benzene rings is 2. The Morgan fingerprint density at radius 2 is 1.70 bits per heavy atom. The molecule has 9 heteroatoms. The zero-order valence-electron chi connectivity index (χ0n) is 15.5. The van der Waals surface area contributed by atoms with Gasteiger partial charge in [0.25, 0.3) is 5.56 Å². The highest BCUT2D eigenvalue weighted by Gasteiger charge is 2.31. The molecule has 30 heavy (non-hydrogen) atoms. The molecule has 0 amide bonds. The van der Waals surface area contributed by atoms with E-state index >= 15 is 0 Å². The van der Waals surface area contributed by atoms with E-state index in [2.05, 4.69) is 5.16 Å². The van der Waals surface area contributed by atoms with Crippen molar-refractivity contribution in [1.82, 2.24) is 4.57 Å². The number of nitrogens with two attached hydrogens (primary N) is 1. The molecule has 0 fully saturated rings. The van der Waals surface area contributed by atoms with Gasteiger partial charge in [-0.3, -0.25) is 4.79 Å². The second-order valence-corrected chi connectivity index (χ2v) is 6.30. The number of rotatable bonds is 5. The molecule has 2 aromatic carbocycles. The Hall–Kier alpha value is -3.88. The van der Waals surface area contributed by atoms with E-state index in [0.717, 1.165) is 22.9 Å². The normalized spacial score (nSPS) is 11.9. The number of halogens is 3. The molecule has 0 spiro atoms. The van der Waals surface area contributed by atoms with E-state index in [4.69, 9.17) is 10.6 Å². The maximum Gasteiger partial charge on any atom is 0.417 e. The van der Waals surface area contributed by atoms with Crippen LogP contribution in [0, 0.1) is 0 Å². The van der Waals surface area contributed by atoms with Crippen molar-refractivity contribution in [3.63, 3.8) is 0 Å². The lowest BCUT2D eigenvalue weighted by molar-refractivity contribution is -0.138. The number of hydrogen-bond acceptors (Lipinski definition) is 4. The predicted octanol–water partition coefficient (Wildman–Crippen LogP) is 3.39. The van der Waals surface area contributed by atoms with Crippen LogP contribution in [0.2, 0.25) is 0 Å². The van der Waals surface area contributed by atoms with Crippen molar-refractivity contribution in [2.45, 2.75) is 12.7 Å². The Morgan fingerprint density at radius 3 is 2.40 bits per heavy atom. The number of carbonyl (C=O) groups is 1. The molecule has 3 rings (SSSR count). The van der Waals surface area contributed by atoms with Gasteiger partial charge in [-0.15, -0.1) is 0 Å². The fourth-order valence-corrected chi connectivity index (χ4v) is 2.62. The first kappa shape index (κ1) is 20.8. The Bertz CT molecular complexity index is 1140. The van der Waals surface area contributed by atoms with Gasteiger partial charge in [0.15, 0.2) is 5.84 Å². The molecule has 0 bridgehead atoms.